The third-order valence-electron chi connectivity index (χ3n) is 3.34. The van der Waals surface area contributed by atoms with Gasteiger partial charge in [-0.2, -0.15) is 0 Å². The molecule has 3 nitrogen and oxygen atoms in total. The van der Waals surface area contributed by atoms with E-state index in [0.717, 1.165) is 19.4 Å². The molecule has 18 heavy (non-hydrogen) atoms. The number of nitrogens with zero attached hydrogens (tertiary/aromatic N) is 2. The number of rotatable bonds is 1. The molecule has 1 aromatic carbocycles. The molecule has 2 aliphatic heterocycles. The van der Waals surface area contributed by atoms with Crippen LogP contribution in [0.2, 0.25) is 10.0 Å². The summed E-state index contributed by atoms with van der Waals surface area (Å²) in [4.78, 5) is 15.8. The lowest BCUT2D eigenvalue weighted by Gasteiger charge is -2.19. The highest BCUT2D eigenvalue weighted by Crippen LogP contribution is 2.36. The number of amides is 1. The Morgan fingerprint density at radius 1 is 1.33 bits per heavy atom. The molecule has 0 aliphatic carbocycles. The van der Waals surface area contributed by atoms with Gasteiger partial charge in [0.15, 0.2) is 5.11 Å². The minimum absolute atomic E-state index is 0.00154. The number of fused-ring (bicyclic) bond motifs is 1. The van der Waals surface area contributed by atoms with Crippen LogP contribution in [0.25, 0.3) is 0 Å². The Hall–Kier alpha value is -0.840. The minimum atomic E-state index is -0.118. The molecule has 1 atom stereocenters. The van der Waals surface area contributed by atoms with E-state index in [1.807, 2.05) is 4.90 Å². The molecular formula is C12H10Cl2N2OS. The second-order valence-corrected chi connectivity index (χ2v) is 5.61. The zero-order chi connectivity index (χ0) is 12.9. The Kier molecular flexibility index (Phi) is 2.96. The zero-order valence-corrected chi connectivity index (χ0v) is 11.7. The van der Waals surface area contributed by atoms with Gasteiger partial charge in [0.25, 0.3) is 5.91 Å². The minimum Gasteiger partial charge on any atom is -0.336 e. The Morgan fingerprint density at radius 2 is 2.11 bits per heavy atom. The largest absolute Gasteiger partial charge is 0.336 e. The number of carbonyl (C=O) groups is 1. The third-order valence-corrected chi connectivity index (χ3v) is 4.32. The van der Waals surface area contributed by atoms with Gasteiger partial charge in [-0.05, 0) is 43.3 Å². The molecule has 0 aromatic heterocycles. The summed E-state index contributed by atoms with van der Waals surface area (Å²) in [6, 6.07) is 4.93. The van der Waals surface area contributed by atoms with Crippen LogP contribution in [0.15, 0.2) is 18.2 Å². The predicted molar refractivity (Wildman–Crippen MR) is 76.3 cm³/mol. The van der Waals surface area contributed by atoms with Crippen LogP contribution in [0.4, 0.5) is 5.69 Å². The fourth-order valence-electron chi connectivity index (χ4n) is 2.50. The van der Waals surface area contributed by atoms with Crippen LogP contribution in [-0.4, -0.2) is 28.5 Å². The van der Waals surface area contributed by atoms with E-state index in [1.54, 1.807) is 18.2 Å². The van der Waals surface area contributed by atoms with Gasteiger partial charge in [0, 0.05) is 11.6 Å². The molecule has 6 heteroatoms. The highest BCUT2D eigenvalue weighted by Gasteiger charge is 2.45. The van der Waals surface area contributed by atoms with Crippen molar-refractivity contribution in [2.24, 2.45) is 0 Å². The van der Waals surface area contributed by atoms with Gasteiger partial charge in [0.05, 0.1) is 10.7 Å². The second-order valence-electron chi connectivity index (χ2n) is 4.40. The smallest absolute Gasteiger partial charge is 0.256 e. The molecule has 0 N–H and O–H groups in total. The number of halogens is 2. The molecule has 3 rings (SSSR count). The fraction of sp³-hybridized carbons (Fsp3) is 0.333. The Bertz CT molecular complexity index is 527. The Labute approximate surface area is 120 Å². The molecule has 2 saturated heterocycles. The number of thiocarbonyl (C=S) groups is 1. The van der Waals surface area contributed by atoms with Crippen molar-refractivity contribution in [2.45, 2.75) is 18.9 Å². The van der Waals surface area contributed by atoms with Gasteiger partial charge >= 0.3 is 0 Å². The van der Waals surface area contributed by atoms with E-state index in [4.69, 9.17) is 35.4 Å². The molecule has 2 heterocycles. The van der Waals surface area contributed by atoms with Crippen LogP contribution in [0, 0.1) is 0 Å². The van der Waals surface area contributed by atoms with Crippen molar-refractivity contribution in [1.29, 1.82) is 0 Å². The van der Waals surface area contributed by atoms with E-state index >= 15 is 0 Å². The van der Waals surface area contributed by atoms with Crippen molar-refractivity contribution in [1.82, 2.24) is 4.90 Å². The summed E-state index contributed by atoms with van der Waals surface area (Å²) < 4.78 is 0. The maximum Gasteiger partial charge on any atom is 0.256 e. The molecule has 0 bridgehead atoms. The van der Waals surface area contributed by atoms with Gasteiger partial charge in [-0.25, -0.2) is 0 Å². The number of benzene rings is 1. The van der Waals surface area contributed by atoms with Crippen molar-refractivity contribution in [3.8, 4) is 0 Å². The molecule has 1 aromatic rings. The summed E-state index contributed by atoms with van der Waals surface area (Å²) in [5.41, 5.74) is 0.577. The van der Waals surface area contributed by atoms with Crippen LogP contribution in [0.3, 0.4) is 0 Å². The predicted octanol–water partition coefficient (Wildman–Crippen LogP) is 3.09. The Balaban J connectivity index is 2.05. The average Bonchev–Trinajstić information content (AvgIpc) is 2.89. The lowest BCUT2D eigenvalue weighted by atomic mass is 10.2. The molecule has 2 aliphatic rings. The van der Waals surface area contributed by atoms with Gasteiger partial charge in [0.2, 0.25) is 0 Å². The van der Waals surface area contributed by atoms with Crippen LogP contribution < -0.4 is 4.90 Å². The normalized spacial score (nSPS) is 22.9. The van der Waals surface area contributed by atoms with E-state index in [1.165, 1.54) is 4.90 Å². The first kappa shape index (κ1) is 12.2. The second kappa shape index (κ2) is 4.37. The van der Waals surface area contributed by atoms with E-state index in [0.29, 0.717) is 20.8 Å². The van der Waals surface area contributed by atoms with Gasteiger partial charge in [-0.1, -0.05) is 23.2 Å². The molecule has 0 radical (unpaired) electrons. The molecular weight excluding hydrogens is 291 g/mol. The molecule has 0 saturated carbocycles. The standard InChI is InChI=1S/C12H10Cl2N2OS/c13-7-3-4-8(14)10(6-7)16-11(17)9-2-1-5-15(9)12(16)18/h3-4,6,9H,1-2,5H2/t9-/m0/s1. The summed E-state index contributed by atoms with van der Waals surface area (Å²) in [5.74, 6) is 0.00154. The van der Waals surface area contributed by atoms with E-state index in [2.05, 4.69) is 0 Å². The summed E-state index contributed by atoms with van der Waals surface area (Å²) in [5, 5.41) is 1.56. The molecule has 0 unspecified atom stereocenters. The lowest BCUT2D eigenvalue weighted by molar-refractivity contribution is -0.119. The van der Waals surface area contributed by atoms with Crippen LogP contribution >= 0.6 is 35.4 Å². The summed E-state index contributed by atoms with van der Waals surface area (Å²) >= 11 is 17.5. The SMILES string of the molecule is O=C1[C@@H]2CCCN2C(=S)N1c1cc(Cl)ccc1Cl. The maximum absolute atomic E-state index is 12.4. The highest BCUT2D eigenvalue weighted by molar-refractivity contribution is 7.80. The number of anilines is 1. The van der Waals surface area contributed by atoms with Crippen molar-refractivity contribution in [3.05, 3.63) is 28.2 Å². The van der Waals surface area contributed by atoms with Gasteiger partial charge in [-0.3, -0.25) is 9.69 Å². The molecule has 1 amide bonds. The summed E-state index contributed by atoms with van der Waals surface area (Å²) in [6.45, 7) is 0.837. The number of carbonyl (C=O) groups excluding carboxylic acids is 1. The number of hydrogen-bond donors (Lipinski definition) is 0. The highest BCUT2D eigenvalue weighted by atomic mass is 35.5. The van der Waals surface area contributed by atoms with E-state index in [-0.39, 0.29) is 11.9 Å². The topological polar surface area (TPSA) is 23.6 Å². The van der Waals surface area contributed by atoms with Crippen LogP contribution in [0.5, 0.6) is 0 Å². The van der Waals surface area contributed by atoms with Crippen LogP contribution in [-0.2, 0) is 4.79 Å². The summed E-state index contributed by atoms with van der Waals surface area (Å²) in [6.07, 6.45) is 1.86. The first-order chi connectivity index (χ1) is 8.59. The van der Waals surface area contributed by atoms with Gasteiger partial charge < -0.3 is 4.90 Å². The maximum atomic E-state index is 12.4. The Morgan fingerprint density at radius 3 is 2.83 bits per heavy atom. The van der Waals surface area contributed by atoms with Crippen molar-refractivity contribution in [3.63, 3.8) is 0 Å². The number of hydrogen-bond acceptors (Lipinski definition) is 2. The zero-order valence-electron chi connectivity index (χ0n) is 9.40. The van der Waals surface area contributed by atoms with E-state index in [9.17, 15) is 4.79 Å². The van der Waals surface area contributed by atoms with E-state index < -0.39 is 0 Å². The molecule has 0 spiro atoms. The van der Waals surface area contributed by atoms with Crippen molar-refractivity contribution in [2.75, 3.05) is 11.4 Å². The summed E-state index contributed by atoms with van der Waals surface area (Å²) in [7, 11) is 0. The fourth-order valence-corrected chi connectivity index (χ4v) is 3.28. The first-order valence-corrected chi connectivity index (χ1v) is 6.85. The quantitative estimate of drug-likeness (QED) is 0.745. The lowest BCUT2D eigenvalue weighted by Crippen LogP contribution is -2.33. The van der Waals surface area contributed by atoms with Crippen LogP contribution in [0.1, 0.15) is 12.8 Å². The van der Waals surface area contributed by atoms with Gasteiger partial charge in [-0.15, -0.1) is 0 Å². The van der Waals surface area contributed by atoms with Crippen molar-refractivity contribution >= 4 is 52.1 Å². The monoisotopic (exact) mass is 300 g/mol. The molecule has 94 valence electrons. The third kappa shape index (κ3) is 1.71. The first-order valence-electron chi connectivity index (χ1n) is 5.69. The van der Waals surface area contributed by atoms with Crippen molar-refractivity contribution < 1.29 is 4.79 Å². The van der Waals surface area contributed by atoms with Gasteiger partial charge in [0.1, 0.15) is 6.04 Å². The average molecular weight is 301 g/mol. The molecule has 2 fully saturated rings.